The van der Waals surface area contributed by atoms with Gasteiger partial charge in [-0.15, -0.1) is 0 Å². The minimum Gasteiger partial charge on any atom is -0.360 e. The second-order valence-corrected chi connectivity index (χ2v) is 6.39. The third-order valence-corrected chi connectivity index (χ3v) is 4.26. The number of amides is 2. The van der Waals surface area contributed by atoms with Crippen LogP contribution >= 0.6 is 23.2 Å². The summed E-state index contributed by atoms with van der Waals surface area (Å²) in [5.41, 5.74) is 0.531. The number of hydrogen-bond acceptors (Lipinski definition) is 5. The van der Waals surface area contributed by atoms with Gasteiger partial charge in [-0.2, -0.15) is 0 Å². The number of aryl methyl sites for hydroxylation is 1. The van der Waals surface area contributed by atoms with Crippen molar-refractivity contribution in [1.82, 2.24) is 10.1 Å². The monoisotopic (exact) mass is 384 g/mol. The molecule has 0 fully saturated rings. The molecule has 0 aliphatic carbocycles. The number of halogens is 2. The maximum Gasteiger partial charge on any atom is 0.242 e. The number of anilines is 2. The third-order valence-electron chi connectivity index (χ3n) is 3.52. The Bertz CT molecular complexity index is 778. The second kappa shape index (κ2) is 8.33. The van der Waals surface area contributed by atoms with Crippen molar-refractivity contribution in [1.29, 1.82) is 0 Å². The van der Waals surface area contributed by atoms with E-state index < -0.39 is 6.04 Å². The molecule has 0 bridgehead atoms. The summed E-state index contributed by atoms with van der Waals surface area (Å²) in [6, 6.07) is 5.87. The van der Waals surface area contributed by atoms with E-state index in [9.17, 15) is 9.59 Å². The second-order valence-electron chi connectivity index (χ2n) is 5.58. The molecule has 1 aromatic heterocycles. The van der Waals surface area contributed by atoms with Crippen LogP contribution in [-0.4, -0.2) is 41.5 Å². The molecule has 0 saturated heterocycles. The van der Waals surface area contributed by atoms with E-state index in [-0.39, 0.29) is 18.4 Å². The average Bonchev–Trinajstić information content (AvgIpc) is 2.95. The van der Waals surface area contributed by atoms with Gasteiger partial charge in [0.05, 0.1) is 22.6 Å². The van der Waals surface area contributed by atoms with E-state index in [1.54, 1.807) is 50.1 Å². The molecule has 2 N–H and O–H groups in total. The standard InChI is InChI=1S/C16H18Cl2N4O3/c1-9-6-14(21-25-9)20-16(24)10(2)22(3)8-15(23)19-11-4-5-12(17)13(18)7-11/h4-7,10H,8H2,1-3H3,(H,19,23)(H,20,21,24). The first kappa shape index (κ1) is 19.2. The SMILES string of the molecule is Cc1cc(NC(=O)C(C)N(C)CC(=O)Nc2ccc(Cl)c(Cl)c2)no1. The van der Waals surface area contributed by atoms with Crippen molar-refractivity contribution in [2.24, 2.45) is 0 Å². The Morgan fingerprint density at radius 1 is 1.24 bits per heavy atom. The van der Waals surface area contributed by atoms with Gasteiger partial charge >= 0.3 is 0 Å². The van der Waals surface area contributed by atoms with Gasteiger partial charge < -0.3 is 15.2 Å². The zero-order valence-corrected chi connectivity index (χ0v) is 15.5. The van der Waals surface area contributed by atoms with Crippen LogP contribution in [0.5, 0.6) is 0 Å². The summed E-state index contributed by atoms with van der Waals surface area (Å²) in [6.07, 6.45) is 0. The number of aromatic nitrogens is 1. The fourth-order valence-corrected chi connectivity index (χ4v) is 2.29. The molecule has 1 aromatic carbocycles. The smallest absolute Gasteiger partial charge is 0.242 e. The molecule has 134 valence electrons. The number of benzene rings is 1. The molecule has 2 aromatic rings. The maximum atomic E-state index is 12.2. The van der Waals surface area contributed by atoms with Gasteiger partial charge in [-0.1, -0.05) is 28.4 Å². The van der Waals surface area contributed by atoms with Crippen LogP contribution in [0.25, 0.3) is 0 Å². The van der Waals surface area contributed by atoms with Gasteiger partial charge in [0, 0.05) is 11.8 Å². The molecule has 1 heterocycles. The highest BCUT2D eigenvalue weighted by Gasteiger charge is 2.21. The molecule has 1 unspecified atom stereocenters. The number of likely N-dealkylation sites (N-methyl/N-ethyl adjacent to an activating group) is 1. The first-order chi connectivity index (χ1) is 11.8. The lowest BCUT2D eigenvalue weighted by Crippen LogP contribution is -2.43. The fraction of sp³-hybridized carbons (Fsp3) is 0.312. The number of carbonyl (C=O) groups excluding carboxylic acids is 2. The lowest BCUT2D eigenvalue weighted by molar-refractivity contribution is -0.122. The number of hydrogen-bond donors (Lipinski definition) is 2. The summed E-state index contributed by atoms with van der Waals surface area (Å²) in [6.45, 7) is 3.44. The van der Waals surface area contributed by atoms with Crippen LogP contribution in [0.2, 0.25) is 10.0 Å². The molecule has 0 spiro atoms. The topological polar surface area (TPSA) is 87.5 Å². The highest BCUT2D eigenvalue weighted by atomic mass is 35.5. The molecule has 0 aliphatic rings. The quantitative estimate of drug-likeness (QED) is 0.798. The largest absolute Gasteiger partial charge is 0.360 e. The normalized spacial score (nSPS) is 12.1. The molecular weight excluding hydrogens is 367 g/mol. The van der Waals surface area contributed by atoms with Crippen LogP contribution in [-0.2, 0) is 9.59 Å². The highest BCUT2D eigenvalue weighted by Crippen LogP contribution is 2.24. The van der Waals surface area contributed by atoms with Crippen LogP contribution < -0.4 is 10.6 Å². The van der Waals surface area contributed by atoms with Crippen molar-refractivity contribution in [3.8, 4) is 0 Å². The first-order valence-electron chi connectivity index (χ1n) is 7.45. The van der Waals surface area contributed by atoms with Gasteiger partial charge in [0.25, 0.3) is 0 Å². The zero-order chi connectivity index (χ0) is 18.6. The molecule has 9 heteroatoms. The van der Waals surface area contributed by atoms with Crippen LogP contribution in [0.15, 0.2) is 28.8 Å². The highest BCUT2D eigenvalue weighted by molar-refractivity contribution is 6.42. The minimum atomic E-state index is -0.545. The molecule has 0 aliphatic heterocycles. The number of nitrogens with one attached hydrogen (secondary N) is 2. The predicted molar refractivity (Wildman–Crippen MR) is 97.1 cm³/mol. The molecule has 7 nitrogen and oxygen atoms in total. The summed E-state index contributed by atoms with van der Waals surface area (Å²) in [7, 11) is 1.67. The zero-order valence-electron chi connectivity index (χ0n) is 14.0. The van der Waals surface area contributed by atoms with Crippen molar-refractivity contribution >= 4 is 46.5 Å². The Balaban J connectivity index is 1.88. The summed E-state index contributed by atoms with van der Waals surface area (Å²) >= 11 is 11.8. The van der Waals surface area contributed by atoms with Crippen LogP contribution in [0.4, 0.5) is 11.5 Å². The number of carbonyl (C=O) groups is 2. The first-order valence-corrected chi connectivity index (χ1v) is 8.21. The molecule has 1 atom stereocenters. The van der Waals surface area contributed by atoms with E-state index in [2.05, 4.69) is 15.8 Å². The van der Waals surface area contributed by atoms with Crippen molar-refractivity contribution in [3.05, 3.63) is 40.1 Å². The Morgan fingerprint density at radius 3 is 2.56 bits per heavy atom. The van der Waals surface area contributed by atoms with Gasteiger partial charge in [-0.3, -0.25) is 14.5 Å². The molecule has 25 heavy (non-hydrogen) atoms. The Morgan fingerprint density at radius 2 is 1.96 bits per heavy atom. The number of rotatable bonds is 6. The van der Waals surface area contributed by atoms with E-state index in [1.807, 2.05) is 0 Å². The molecule has 0 radical (unpaired) electrons. The lowest BCUT2D eigenvalue weighted by Gasteiger charge is -2.22. The van der Waals surface area contributed by atoms with E-state index in [4.69, 9.17) is 27.7 Å². The summed E-state index contributed by atoms with van der Waals surface area (Å²) in [5.74, 6) is 0.358. The van der Waals surface area contributed by atoms with Gasteiger partial charge in [-0.25, -0.2) is 0 Å². The van der Waals surface area contributed by atoms with Crippen molar-refractivity contribution in [3.63, 3.8) is 0 Å². The fourth-order valence-electron chi connectivity index (χ4n) is 1.99. The number of nitrogens with zero attached hydrogens (tertiary/aromatic N) is 2. The van der Waals surface area contributed by atoms with Gasteiger partial charge in [0.15, 0.2) is 5.82 Å². The minimum absolute atomic E-state index is 0.0205. The Labute approximate surface area is 155 Å². The van der Waals surface area contributed by atoms with E-state index in [0.717, 1.165) is 0 Å². The van der Waals surface area contributed by atoms with Crippen LogP contribution in [0.1, 0.15) is 12.7 Å². The summed E-state index contributed by atoms with van der Waals surface area (Å²) < 4.78 is 4.89. The lowest BCUT2D eigenvalue weighted by atomic mass is 10.2. The van der Waals surface area contributed by atoms with E-state index in [1.165, 1.54) is 0 Å². The van der Waals surface area contributed by atoms with E-state index >= 15 is 0 Å². The maximum absolute atomic E-state index is 12.2. The molecule has 2 amide bonds. The van der Waals surface area contributed by atoms with Crippen molar-refractivity contribution in [2.75, 3.05) is 24.2 Å². The van der Waals surface area contributed by atoms with E-state index in [0.29, 0.717) is 27.3 Å². The van der Waals surface area contributed by atoms with Gasteiger partial charge in [-0.05, 0) is 39.1 Å². The van der Waals surface area contributed by atoms with Gasteiger partial charge in [0.1, 0.15) is 5.76 Å². The third kappa shape index (κ3) is 5.45. The Kier molecular flexibility index (Phi) is 6.41. The van der Waals surface area contributed by atoms with Crippen LogP contribution in [0.3, 0.4) is 0 Å². The van der Waals surface area contributed by atoms with Crippen molar-refractivity contribution < 1.29 is 14.1 Å². The molecular formula is C16H18Cl2N4O3. The molecule has 2 rings (SSSR count). The average molecular weight is 385 g/mol. The predicted octanol–water partition coefficient (Wildman–Crippen LogP) is 3.19. The summed E-state index contributed by atoms with van der Waals surface area (Å²) in [5, 5.41) is 9.80. The van der Waals surface area contributed by atoms with Crippen molar-refractivity contribution in [2.45, 2.75) is 19.9 Å². The Hall–Kier alpha value is -2.09. The van der Waals surface area contributed by atoms with Crippen LogP contribution in [0, 0.1) is 6.92 Å². The van der Waals surface area contributed by atoms with Gasteiger partial charge in [0.2, 0.25) is 11.8 Å². The molecule has 0 saturated carbocycles. The summed E-state index contributed by atoms with van der Waals surface area (Å²) in [4.78, 5) is 25.9.